The summed E-state index contributed by atoms with van der Waals surface area (Å²) < 4.78 is 0. The Morgan fingerprint density at radius 2 is 1.89 bits per heavy atom. The van der Waals surface area contributed by atoms with E-state index in [0.717, 1.165) is 26.2 Å². The molecule has 1 atom stereocenters. The Kier molecular flexibility index (Phi) is 4.43. The molecule has 19 heavy (non-hydrogen) atoms. The van der Waals surface area contributed by atoms with Crippen LogP contribution in [-0.2, 0) is 4.79 Å². The van der Waals surface area contributed by atoms with E-state index in [4.69, 9.17) is 5.73 Å². The molecular weight excluding hydrogens is 238 g/mol. The van der Waals surface area contributed by atoms with Crippen LogP contribution in [0.4, 0.5) is 5.69 Å². The highest BCUT2D eigenvalue weighted by Crippen LogP contribution is 2.20. The van der Waals surface area contributed by atoms with Crippen molar-refractivity contribution in [2.24, 2.45) is 5.73 Å². The smallest absolute Gasteiger partial charge is 0.239 e. The van der Waals surface area contributed by atoms with Crippen LogP contribution in [0.1, 0.15) is 18.9 Å². The molecule has 1 fully saturated rings. The molecule has 1 aromatic carbocycles. The molecule has 2 N–H and O–H groups in total. The number of rotatable bonds is 3. The van der Waals surface area contributed by atoms with Crippen molar-refractivity contribution in [3.05, 3.63) is 29.8 Å². The molecule has 1 aromatic rings. The highest BCUT2D eigenvalue weighted by Gasteiger charge is 2.24. The first kappa shape index (κ1) is 13.9. The fraction of sp³-hybridized carbons (Fsp3) is 0.533. The second kappa shape index (κ2) is 6.06. The first-order valence-electron chi connectivity index (χ1n) is 6.98. The number of aryl methyl sites for hydroxylation is 1. The van der Waals surface area contributed by atoms with Gasteiger partial charge in [-0.2, -0.15) is 0 Å². The van der Waals surface area contributed by atoms with Crippen LogP contribution in [0.2, 0.25) is 0 Å². The number of nitrogens with zero attached hydrogens (tertiary/aromatic N) is 2. The molecule has 0 spiro atoms. The van der Waals surface area contributed by atoms with Gasteiger partial charge in [0, 0.05) is 31.9 Å². The number of anilines is 1. The van der Waals surface area contributed by atoms with E-state index < -0.39 is 0 Å². The van der Waals surface area contributed by atoms with Gasteiger partial charge in [0.05, 0.1) is 6.04 Å². The Labute approximate surface area is 115 Å². The van der Waals surface area contributed by atoms with Gasteiger partial charge in [-0.25, -0.2) is 0 Å². The number of hydrogen-bond donors (Lipinski definition) is 1. The fourth-order valence-corrected chi connectivity index (χ4v) is 2.50. The minimum absolute atomic E-state index is 0.0898. The maximum atomic E-state index is 12.0. The van der Waals surface area contributed by atoms with E-state index in [1.165, 1.54) is 11.3 Å². The van der Waals surface area contributed by atoms with Crippen molar-refractivity contribution in [3.63, 3.8) is 0 Å². The van der Waals surface area contributed by atoms with E-state index in [-0.39, 0.29) is 11.9 Å². The van der Waals surface area contributed by atoms with Crippen molar-refractivity contribution in [1.82, 2.24) is 4.90 Å². The molecule has 0 aromatic heterocycles. The minimum Gasteiger partial charge on any atom is -0.368 e. The standard InChI is InChI=1S/C15H23N3O/c1-3-13(16)15(19)18-10-8-17(9-11-18)14-7-5-4-6-12(14)2/h4-7,13H,3,8-11,16H2,1-2H3. The van der Waals surface area contributed by atoms with E-state index >= 15 is 0 Å². The molecule has 1 amide bonds. The normalized spacial score (nSPS) is 17.4. The highest BCUT2D eigenvalue weighted by atomic mass is 16.2. The lowest BCUT2D eigenvalue weighted by atomic mass is 10.1. The van der Waals surface area contributed by atoms with Crippen LogP contribution in [0.25, 0.3) is 0 Å². The molecule has 0 radical (unpaired) electrons. The third-order valence-electron chi connectivity index (χ3n) is 3.80. The summed E-state index contributed by atoms with van der Waals surface area (Å²) >= 11 is 0. The Balaban J connectivity index is 1.96. The summed E-state index contributed by atoms with van der Waals surface area (Å²) in [6, 6.07) is 8.04. The largest absolute Gasteiger partial charge is 0.368 e. The molecule has 1 saturated heterocycles. The SMILES string of the molecule is CCC(N)C(=O)N1CCN(c2ccccc2C)CC1. The predicted octanol–water partition coefficient (Wildman–Crippen LogP) is 1.38. The Morgan fingerprint density at radius 3 is 2.47 bits per heavy atom. The van der Waals surface area contributed by atoms with Gasteiger partial charge in [0.2, 0.25) is 5.91 Å². The van der Waals surface area contributed by atoms with Gasteiger partial charge in [0.15, 0.2) is 0 Å². The van der Waals surface area contributed by atoms with E-state index in [0.29, 0.717) is 6.42 Å². The predicted molar refractivity (Wildman–Crippen MR) is 78.2 cm³/mol. The van der Waals surface area contributed by atoms with Crippen LogP contribution in [0.5, 0.6) is 0 Å². The maximum Gasteiger partial charge on any atom is 0.239 e. The summed E-state index contributed by atoms with van der Waals surface area (Å²) in [5.41, 5.74) is 8.37. The molecule has 1 aliphatic rings. The van der Waals surface area contributed by atoms with Crippen molar-refractivity contribution in [1.29, 1.82) is 0 Å². The Morgan fingerprint density at radius 1 is 1.26 bits per heavy atom. The molecule has 4 nitrogen and oxygen atoms in total. The average Bonchev–Trinajstić information content (AvgIpc) is 2.46. The second-order valence-electron chi connectivity index (χ2n) is 5.11. The third-order valence-corrected chi connectivity index (χ3v) is 3.80. The minimum atomic E-state index is -0.343. The van der Waals surface area contributed by atoms with Crippen molar-refractivity contribution >= 4 is 11.6 Å². The molecule has 2 rings (SSSR count). The van der Waals surface area contributed by atoms with Crippen molar-refractivity contribution in [2.45, 2.75) is 26.3 Å². The van der Waals surface area contributed by atoms with Gasteiger partial charge in [-0.1, -0.05) is 25.1 Å². The van der Waals surface area contributed by atoms with E-state index in [9.17, 15) is 4.79 Å². The molecule has 0 bridgehead atoms. The van der Waals surface area contributed by atoms with Crippen LogP contribution in [0, 0.1) is 6.92 Å². The lowest BCUT2D eigenvalue weighted by molar-refractivity contribution is -0.132. The molecule has 1 unspecified atom stereocenters. The van der Waals surface area contributed by atoms with Crippen LogP contribution >= 0.6 is 0 Å². The number of piperazine rings is 1. The quantitative estimate of drug-likeness (QED) is 0.894. The number of carbonyl (C=O) groups excluding carboxylic acids is 1. The summed E-state index contributed by atoms with van der Waals surface area (Å²) in [5.74, 6) is 0.0898. The number of hydrogen-bond acceptors (Lipinski definition) is 3. The van der Waals surface area contributed by atoms with E-state index in [1.807, 2.05) is 11.8 Å². The van der Waals surface area contributed by atoms with Crippen LogP contribution < -0.4 is 10.6 Å². The zero-order valence-corrected chi connectivity index (χ0v) is 11.8. The summed E-state index contributed by atoms with van der Waals surface area (Å²) in [6.07, 6.45) is 0.705. The van der Waals surface area contributed by atoms with Crippen LogP contribution in [0.3, 0.4) is 0 Å². The molecular formula is C15H23N3O. The van der Waals surface area contributed by atoms with Gasteiger partial charge in [-0.15, -0.1) is 0 Å². The first-order valence-corrected chi connectivity index (χ1v) is 6.98. The van der Waals surface area contributed by atoms with Crippen LogP contribution in [0.15, 0.2) is 24.3 Å². The summed E-state index contributed by atoms with van der Waals surface area (Å²) in [6.45, 7) is 7.37. The van der Waals surface area contributed by atoms with Crippen LogP contribution in [-0.4, -0.2) is 43.0 Å². The molecule has 1 aliphatic heterocycles. The summed E-state index contributed by atoms with van der Waals surface area (Å²) in [4.78, 5) is 16.3. The van der Waals surface area contributed by atoms with Gasteiger partial charge in [0.25, 0.3) is 0 Å². The number of amides is 1. The van der Waals surface area contributed by atoms with Gasteiger partial charge in [-0.3, -0.25) is 4.79 Å². The lowest BCUT2D eigenvalue weighted by Crippen LogP contribution is -2.53. The Bertz CT molecular complexity index is 439. The van der Waals surface area contributed by atoms with E-state index in [2.05, 4.69) is 36.1 Å². The summed E-state index contributed by atoms with van der Waals surface area (Å²) in [5, 5.41) is 0. The van der Waals surface area contributed by atoms with Gasteiger partial charge in [-0.05, 0) is 25.0 Å². The molecule has 4 heteroatoms. The second-order valence-corrected chi connectivity index (χ2v) is 5.11. The van der Waals surface area contributed by atoms with Crippen molar-refractivity contribution in [3.8, 4) is 0 Å². The number of para-hydroxylation sites is 1. The zero-order chi connectivity index (χ0) is 13.8. The first-order chi connectivity index (χ1) is 9.13. The third kappa shape index (κ3) is 3.07. The Hall–Kier alpha value is -1.55. The van der Waals surface area contributed by atoms with Gasteiger partial charge < -0.3 is 15.5 Å². The zero-order valence-electron chi connectivity index (χ0n) is 11.8. The number of carbonyl (C=O) groups is 1. The molecule has 1 heterocycles. The highest BCUT2D eigenvalue weighted by molar-refractivity contribution is 5.81. The molecule has 0 saturated carbocycles. The lowest BCUT2D eigenvalue weighted by Gasteiger charge is -2.37. The van der Waals surface area contributed by atoms with Gasteiger partial charge in [0.1, 0.15) is 0 Å². The maximum absolute atomic E-state index is 12.0. The number of benzene rings is 1. The van der Waals surface area contributed by atoms with E-state index in [1.54, 1.807) is 0 Å². The molecule has 0 aliphatic carbocycles. The van der Waals surface area contributed by atoms with Crippen molar-refractivity contribution < 1.29 is 4.79 Å². The summed E-state index contributed by atoms with van der Waals surface area (Å²) in [7, 11) is 0. The average molecular weight is 261 g/mol. The van der Waals surface area contributed by atoms with Crippen molar-refractivity contribution in [2.75, 3.05) is 31.1 Å². The molecule has 104 valence electrons. The number of nitrogens with two attached hydrogens (primary N) is 1. The topological polar surface area (TPSA) is 49.6 Å². The monoisotopic (exact) mass is 261 g/mol. The van der Waals surface area contributed by atoms with Gasteiger partial charge >= 0.3 is 0 Å². The fourth-order valence-electron chi connectivity index (χ4n) is 2.50.